The first-order chi connectivity index (χ1) is 8.34. The number of nitrogens with one attached hydrogen (secondary N) is 1. The summed E-state index contributed by atoms with van der Waals surface area (Å²) in [4.78, 5) is 6.76. The molecule has 0 aliphatic carbocycles. The van der Waals surface area contributed by atoms with Crippen molar-refractivity contribution in [3.63, 3.8) is 0 Å². The van der Waals surface area contributed by atoms with Gasteiger partial charge in [-0.25, -0.2) is 0 Å². The second-order valence-electron chi connectivity index (χ2n) is 5.07. The number of rotatable bonds is 3. The van der Waals surface area contributed by atoms with Crippen molar-refractivity contribution in [3.8, 4) is 0 Å². The summed E-state index contributed by atoms with van der Waals surface area (Å²) in [7, 11) is 0. The quantitative estimate of drug-likeness (QED) is 0.858. The van der Waals surface area contributed by atoms with Gasteiger partial charge < -0.3 is 10.2 Å². The normalized spacial score (nSPS) is 23.0. The Hall–Kier alpha value is -0.930. The molecule has 1 aliphatic heterocycles. The minimum Gasteiger partial charge on any atom is -0.316 e. The maximum Gasteiger partial charge on any atom is 0.0300 e. The molecule has 3 heteroatoms. The lowest BCUT2D eigenvalue weighted by Gasteiger charge is -2.28. The van der Waals surface area contributed by atoms with Crippen molar-refractivity contribution in [2.24, 2.45) is 5.92 Å². The summed E-state index contributed by atoms with van der Waals surface area (Å²) in [6.45, 7) is 8.24. The average Bonchev–Trinajstić information content (AvgIpc) is 2.33. The lowest BCUT2D eigenvalue weighted by molar-refractivity contribution is 0.218. The van der Waals surface area contributed by atoms with Gasteiger partial charge in [0.1, 0.15) is 0 Å². The molecular formula is C14H23N3. The van der Waals surface area contributed by atoms with Crippen molar-refractivity contribution in [3.05, 3.63) is 30.1 Å². The molecule has 1 atom stereocenters. The topological polar surface area (TPSA) is 28.2 Å². The highest BCUT2D eigenvalue weighted by molar-refractivity contribution is 5.08. The van der Waals surface area contributed by atoms with Crippen molar-refractivity contribution in [2.45, 2.75) is 19.8 Å². The first-order valence-electron chi connectivity index (χ1n) is 6.66. The second-order valence-corrected chi connectivity index (χ2v) is 5.07. The Morgan fingerprint density at radius 3 is 3.29 bits per heavy atom. The van der Waals surface area contributed by atoms with E-state index in [1.54, 1.807) is 0 Å². The van der Waals surface area contributed by atoms with Gasteiger partial charge in [0.15, 0.2) is 0 Å². The van der Waals surface area contributed by atoms with E-state index in [0.29, 0.717) is 0 Å². The Balaban J connectivity index is 1.80. The van der Waals surface area contributed by atoms with Crippen molar-refractivity contribution in [1.29, 1.82) is 0 Å². The predicted molar refractivity (Wildman–Crippen MR) is 71.0 cm³/mol. The molecule has 1 saturated heterocycles. The van der Waals surface area contributed by atoms with E-state index in [9.17, 15) is 0 Å². The van der Waals surface area contributed by atoms with E-state index in [-0.39, 0.29) is 0 Å². The van der Waals surface area contributed by atoms with Gasteiger partial charge in [-0.15, -0.1) is 0 Å². The highest BCUT2D eigenvalue weighted by atomic mass is 15.1. The summed E-state index contributed by atoms with van der Waals surface area (Å²) in [5.41, 5.74) is 1.35. The molecule has 1 aliphatic rings. The molecule has 2 rings (SSSR count). The van der Waals surface area contributed by atoms with E-state index in [1.807, 2.05) is 18.5 Å². The molecule has 94 valence electrons. The average molecular weight is 233 g/mol. The fourth-order valence-corrected chi connectivity index (χ4v) is 2.41. The molecule has 0 spiro atoms. The Bertz CT molecular complexity index is 313. The summed E-state index contributed by atoms with van der Waals surface area (Å²) in [6, 6.07) is 4.19. The van der Waals surface area contributed by atoms with Crippen LogP contribution in [0.1, 0.15) is 18.9 Å². The van der Waals surface area contributed by atoms with Crippen molar-refractivity contribution in [2.75, 3.05) is 32.7 Å². The Morgan fingerprint density at radius 2 is 2.47 bits per heavy atom. The molecule has 1 aromatic heterocycles. The van der Waals surface area contributed by atoms with Crippen molar-refractivity contribution < 1.29 is 0 Å². The first kappa shape index (κ1) is 12.5. The number of nitrogens with zero attached hydrogens (tertiary/aromatic N) is 2. The molecule has 0 bridgehead atoms. The molecule has 1 unspecified atom stereocenters. The molecular weight excluding hydrogens is 210 g/mol. The Labute approximate surface area is 104 Å². The van der Waals surface area contributed by atoms with Crippen LogP contribution in [0.15, 0.2) is 24.5 Å². The molecule has 3 nitrogen and oxygen atoms in total. The third kappa shape index (κ3) is 4.44. The van der Waals surface area contributed by atoms with Gasteiger partial charge in [0.25, 0.3) is 0 Å². The molecule has 0 aromatic carbocycles. The van der Waals surface area contributed by atoms with Crippen LogP contribution in [-0.4, -0.2) is 42.6 Å². The van der Waals surface area contributed by atoms with Gasteiger partial charge in [0.05, 0.1) is 0 Å². The fourth-order valence-electron chi connectivity index (χ4n) is 2.41. The second kappa shape index (κ2) is 6.72. The minimum absolute atomic E-state index is 0.754. The minimum atomic E-state index is 0.754. The molecule has 1 fully saturated rings. The predicted octanol–water partition coefficient (Wildman–Crippen LogP) is 1.56. The zero-order chi connectivity index (χ0) is 11.9. The van der Waals surface area contributed by atoms with Crippen LogP contribution in [0.5, 0.6) is 0 Å². The van der Waals surface area contributed by atoms with Crippen LogP contribution in [0, 0.1) is 5.92 Å². The number of pyridine rings is 1. The largest absolute Gasteiger partial charge is 0.316 e. The highest BCUT2D eigenvalue weighted by Crippen LogP contribution is 2.06. The first-order valence-corrected chi connectivity index (χ1v) is 6.66. The summed E-state index contributed by atoms with van der Waals surface area (Å²) in [6.07, 6.45) is 6.20. The molecule has 1 aromatic rings. The summed E-state index contributed by atoms with van der Waals surface area (Å²) in [5, 5.41) is 3.49. The summed E-state index contributed by atoms with van der Waals surface area (Å²) < 4.78 is 0. The monoisotopic (exact) mass is 233 g/mol. The van der Waals surface area contributed by atoms with Crippen LogP contribution in [0.3, 0.4) is 0 Å². The number of aromatic nitrogens is 1. The van der Waals surface area contributed by atoms with Gasteiger partial charge in [-0.3, -0.25) is 4.98 Å². The van der Waals surface area contributed by atoms with E-state index in [1.165, 1.54) is 25.1 Å². The van der Waals surface area contributed by atoms with Crippen LogP contribution in [0.25, 0.3) is 0 Å². The summed E-state index contributed by atoms with van der Waals surface area (Å²) in [5.74, 6) is 0.754. The van der Waals surface area contributed by atoms with Gasteiger partial charge in [0.2, 0.25) is 0 Å². The fraction of sp³-hybridized carbons (Fsp3) is 0.643. The van der Waals surface area contributed by atoms with E-state index < -0.39 is 0 Å². The smallest absolute Gasteiger partial charge is 0.0300 e. The molecule has 0 radical (unpaired) electrons. The summed E-state index contributed by atoms with van der Waals surface area (Å²) >= 11 is 0. The Morgan fingerprint density at radius 1 is 1.53 bits per heavy atom. The third-order valence-electron chi connectivity index (χ3n) is 3.33. The van der Waals surface area contributed by atoms with E-state index in [2.05, 4.69) is 28.2 Å². The van der Waals surface area contributed by atoms with Crippen molar-refractivity contribution in [1.82, 2.24) is 15.2 Å². The molecule has 17 heavy (non-hydrogen) atoms. The van der Waals surface area contributed by atoms with Gasteiger partial charge in [-0.05, 0) is 50.0 Å². The zero-order valence-corrected chi connectivity index (χ0v) is 10.7. The molecule has 1 N–H and O–H groups in total. The van der Waals surface area contributed by atoms with Gasteiger partial charge in [-0.1, -0.05) is 13.0 Å². The van der Waals surface area contributed by atoms with Crippen LogP contribution < -0.4 is 5.32 Å². The highest BCUT2D eigenvalue weighted by Gasteiger charge is 2.12. The van der Waals surface area contributed by atoms with Crippen LogP contribution in [0.4, 0.5) is 0 Å². The van der Waals surface area contributed by atoms with Gasteiger partial charge in [-0.2, -0.15) is 0 Å². The Kier molecular flexibility index (Phi) is 4.95. The number of hydrogen-bond donors (Lipinski definition) is 1. The van der Waals surface area contributed by atoms with E-state index in [4.69, 9.17) is 0 Å². The van der Waals surface area contributed by atoms with Gasteiger partial charge in [0, 0.05) is 25.5 Å². The lowest BCUT2D eigenvalue weighted by atomic mass is 10.1. The maximum atomic E-state index is 4.17. The zero-order valence-electron chi connectivity index (χ0n) is 10.7. The maximum absolute atomic E-state index is 4.17. The van der Waals surface area contributed by atoms with Crippen molar-refractivity contribution >= 4 is 0 Å². The van der Waals surface area contributed by atoms with Crippen LogP contribution >= 0.6 is 0 Å². The lowest BCUT2D eigenvalue weighted by Crippen LogP contribution is -2.39. The van der Waals surface area contributed by atoms with E-state index >= 15 is 0 Å². The molecule has 2 heterocycles. The third-order valence-corrected chi connectivity index (χ3v) is 3.33. The molecule has 0 amide bonds. The SMILES string of the molecule is CC1CNCCCN(CCc2cccnc2)C1. The standard InChI is InChI=1S/C14H23N3/c1-13-10-15-7-3-8-17(12-13)9-5-14-4-2-6-16-11-14/h2,4,6,11,13,15H,3,5,7-10,12H2,1H3. The molecule has 0 saturated carbocycles. The van der Waals surface area contributed by atoms with Crippen LogP contribution in [0.2, 0.25) is 0 Å². The number of hydrogen-bond acceptors (Lipinski definition) is 3. The van der Waals surface area contributed by atoms with Crippen LogP contribution in [-0.2, 0) is 6.42 Å². The van der Waals surface area contributed by atoms with Gasteiger partial charge >= 0.3 is 0 Å². The van der Waals surface area contributed by atoms with E-state index in [0.717, 1.165) is 32.0 Å².